The maximum atomic E-state index is 12.5. The molecule has 0 spiro atoms. The molecule has 0 aliphatic carbocycles. The lowest BCUT2D eigenvalue weighted by Gasteiger charge is -2.07. The third kappa shape index (κ3) is 3.75. The first-order valence-electron chi connectivity index (χ1n) is 8.06. The summed E-state index contributed by atoms with van der Waals surface area (Å²) in [7, 11) is 0. The lowest BCUT2D eigenvalue weighted by atomic mass is 10.1. The van der Waals surface area contributed by atoms with Crippen LogP contribution in [0.5, 0.6) is 0 Å². The van der Waals surface area contributed by atoms with Crippen molar-refractivity contribution in [1.82, 2.24) is 14.8 Å². The lowest BCUT2D eigenvalue weighted by Crippen LogP contribution is -2.17. The fourth-order valence-corrected chi connectivity index (χ4v) is 2.64. The SMILES string of the molecule is Cc1cncc(C(=O)Nc2cc(-c3ccccc3C)nn2CCO)c1. The molecule has 0 unspecified atom stereocenters. The number of aliphatic hydroxyl groups excluding tert-OH is 1. The summed E-state index contributed by atoms with van der Waals surface area (Å²) in [5.74, 6) is 0.283. The Bertz CT molecular complexity index is 902. The predicted molar refractivity (Wildman–Crippen MR) is 96.4 cm³/mol. The molecule has 3 aromatic rings. The maximum absolute atomic E-state index is 12.5. The highest BCUT2D eigenvalue weighted by Gasteiger charge is 2.14. The summed E-state index contributed by atoms with van der Waals surface area (Å²) in [6, 6.07) is 11.5. The molecule has 0 atom stereocenters. The highest BCUT2D eigenvalue weighted by atomic mass is 16.3. The van der Waals surface area contributed by atoms with E-state index in [1.807, 2.05) is 44.2 Å². The van der Waals surface area contributed by atoms with Crippen molar-refractivity contribution in [3.05, 3.63) is 65.5 Å². The van der Waals surface area contributed by atoms with Crippen molar-refractivity contribution in [2.75, 3.05) is 11.9 Å². The van der Waals surface area contributed by atoms with Crippen molar-refractivity contribution < 1.29 is 9.90 Å². The Balaban J connectivity index is 1.92. The first kappa shape index (κ1) is 16.9. The molecule has 2 N–H and O–H groups in total. The molecule has 0 aliphatic heterocycles. The molecule has 2 aromatic heterocycles. The van der Waals surface area contributed by atoms with E-state index < -0.39 is 0 Å². The van der Waals surface area contributed by atoms with E-state index in [4.69, 9.17) is 0 Å². The van der Waals surface area contributed by atoms with Crippen LogP contribution in [-0.4, -0.2) is 32.4 Å². The van der Waals surface area contributed by atoms with Gasteiger partial charge in [0.25, 0.3) is 5.91 Å². The zero-order valence-corrected chi connectivity index (χ0v) is 14.2. The maximum Gasteiger partial charge on any atom is 0.258 e. The molecule has 0 radical (unpaired) electrons. The topological polar surface area (TPSA) is 80.0 Å². The molecule has 0 fully saturated rings. The van der Waals surface area contributed by atoms with Gasteiger partial charge >= 0.3 is 0 Å². The van der Waals surface area contributed by atoms with Gasteiger partial charge in [0.15, 0.2) is 0 Å². The summed E-state index contributed by atoms with van der Waals surface area (Å²) in [5, 5.41) is 16.7. The number of hydrogen-bond donors (Lipinski definition) is 2. The number of carbonyl (C=O) groups is 1. The molecule has 128 valence electrons. The van der Waals surface area contributed by atoms with Gasteiger partial charge in [0.05, 0.1) is 24.4 Å². The Morgan fingerprint density at radius 1 is 1.20 bits per heavy atom. The normalized spacial score (nSPS) is 10.7. The van der Waals surface area contributed by atoms with E-state index in [2.05, 4.69) is 15.4 Å². The van der Waals surface area contributed by atoms with Crippen LogP contribution in [0.25, 0.3) is 11.3 Å². The molecule has 3 rings (SSSR count). The van der Waals surface area contributed by atoms with Crippen LogP contribution in [0.15, 0.2) is 48.8 Å². The van der Waals surface area contributed by atoms with Crippen LogP contribution in [0.2, 0.25) is 0 Å². The van der Waals surface area contributed by atoms with Crippen molar-refractivity contribution in [3.8, 4) is 11.3 Å². The molecule has 0 aliphatic rings. The molecule has 0 bridgehead atoms. The highest BCUT2D eigenvalue weighted by Crippen LogP contribution is 2.25. The van der Waals surface area contributed by atoms with Gasteiger partial charge in [-0.15, -0.1) is 0 Å². The number of aliphatic hydroxyl groups is 1. The second kappa shape index (κ2) is 7.27. The number of amides is 1. The predicted octanol–water partition coefficient (Wildman–Crippen LogP) is 2.81. The van der Waals surface area contributed by atoms with Gasteiger partial charge in [0.1, 0.15) is 5.82 Å². The number of anilines is 1. The first-order valence-corrected chi connectivity index (χ1v) is 8.06. The van der Waals surface area contributed by atoms with Gasteiger partial charge < -0.3 is 10.4 Å². The van der Waals surface area contributed by atoms with Crippen LogP contribution in [0.4, 0.5) is 5.82 Å². The van der Waals surface area contributed by atoms with Gasteiger partial charge in [-0.05, 0) is 31.0 Å². The van der Waals surface area contributed by atoms with Crippen molar-refractivity contribution >= 4 is 11.7 Å². The number of rotatable bonds is 5. The lowest BCUT2D eigenvalue weighted by molar-refractivity contribution is 0.102. The number of benzene rings is 1. The number of aromatic nitrogens is 3. The molecular formula is C19H20N4O2. The number of carbonyl (C=O) groups excluding carboxylic acids is 1. The van der Waals surface area contributed by atoms with Gasteiger partial charge in [0, 0.05) is 24.0 Å². The zero-order valence-electron chi connectivity index (χ0n) is 14.2. The summed E-state index contributed by atoms with van der Waals surface area (Å²) in [6.07, 6.45) is 3.22. The van der Waals surface area contributed by atoms with Gasteiger partial charge in [-0.25, -0.2) is 4.68 Å². The van der Waals surface area contributed by atoms with Gasteiger partial charge in [-0.3, -0.25) is 9.78 Å². The third-order valence-electron chi connectivity index (χ3n) is 3.89. The number of aryl methyl sites for hydroxylation is 2. The molecular weight excluding hydrogens is 316 g/mol. The Morgan fingerprint density at radius 3 is 2.72 bits per heavy atom. The summed E-state index contributed by atoms with van der Waals surface area (Å²) >= 11 is 0. The minimum absolute atomic E-state index is 0.0657. The molecule has 25 heavy (non-hydrogen) atoms. The monoisotopic (exact) mass is 336 g/mol. The summed E-state index contributed by atoms with van der Waals surface area (Å²) < 4.78 is 1.60. The Labute approximate surface area is 146 Å². The van der Waals surface area contributed by atoms with Crippen LogP contribution < -0.4 is 5.32 Å². The average molecular weight is 336 g/mol. The zero-order chi connectivity index (χ0) is 17.8. The third-order valence-corrected chi connectivity index (χ3v) is 3.89. The molecule has 0 saturated carbocycles. The molecule has 2 heterocycles. The fourth-order valence-electron chi connectivity index (χ4n) is 2.64. The molecule has 0 saturated heterocycles. The van der Waals surface area contributed by atoms with Gasteiger partial charge in [0.2, 0.25) is 0 Å². The van der Waals surface area contributed by atoms with E-state index in [0.29, 0.717) is 17.9 Å². The van der Waals surface area contributed by atoms with Gasteiger partial charge in [-0.2, -0.15) is 5.10 Å². The number of pyridine rings is 1. The van der Waals surface area contributed by atoms with Crippen molar-refractivity contribution in [2.24, 2.45) is 0 Å². The first-order chi connectivity index (χ1) is 12.1. The van der Waals surface area contributed by atoms with Crippen LogP contribution in [0.3, 0.4) is 0 Å². The minimum Gasteiger partial charge on any atom is -0.394 e. The second-order valence-corrected chi connectivity index (χ2v) is 5.88. The Hall–Kier alpha value is -2.99. The Morgan fingerprint density at radius 2 is 2.00 bits per heavy atom. The summed E-state index contributed by atoms with van der Waals surface area (Å²) in [4.78, 5) is 16.5. The van der Waals surface area contributed by atoms with Crippen LogP contribution in [0, 0.1) is 13.8 Å². The molecule has 1 aromatic carbocycles. The van der Waals surface area contributed by atoms with Gasteiger partial charge in [-0.1, -0.05) is 24.3 Å². The van der Waals surface area contributed by atoms with E-state index in [0.717, 1.165) is 22.4 Å². The van der Waals surface area contributed by atoms with E-state index >= 15 is 0 Å². The largest absolute Gasteiger partial charge is 0.394 e. The smallest absolute Gasteiger partial charge is 0.258 e. The van der Waals surface area contributed by atoms with Crippen molar-refractivity contribution in [3.63, 3.8) is 0 Å². The van der Waals surface area contributed by atoms with Crippen LogP contribution in [-0.2, 0) is 6.54 Å². The molecule has 1 amide bonds. The standard InChI is InChI=1S/C19H20N4O2/c1-13-9-15(12-20-11-13)19(25)21-18-10-17(22-23(18)7-8-24)16-6-4-3-5-14(16)2/h3-6,9-12,24H,7-8H2,1-2H3,(H,21,25). The van der Waals surface area contributed by atoms with Crippen molar-refractivity contribution in [2.45, 2.75) is 20.4 Å². The van der Waals surface area contributed by atoms with Crippen LogP contribution in [0.1, 0.15) is 21.5 Å². The van der Waals surface area contributed by atoms with Crippen molar-refractivity contribution in [1.29, 1.82) is 0 Å². The number of hydrogen-bond acceptors (Lipinski definition) is 4. The highest BCUT2D eigenvalue weighted by molar-refractivity contribution is 6.03. The van der Waals surface area contributed by atoms with E-state index in [1.54, 1.807) is 16.9 Å². The van der Waals surface area contributed by atoms with E-state index in [-0.39, 0.29) is 12.5 Å². The summed E-state index contributed by atoms with van der Waals surface area (Å²) in [6.45, 7) is 4.13. The van der Waals surface area contributed by atoms with Crippen LogP contribution >= 0.6 is 0 Å². The second-order valence-electron chi connectivity index (χ2n) is 5.88. The number of nitrogens with one attached hydrogen (secondary N) is 1. The van der Waals surface area contributed by atoms with E-state index in [9.17, 15) is 9.90 Å². The Kier molecular flexibility index (Phi) is 4.90. The number of nitrogens with zero attached hydrogens (tertiary/aromatic N) is 3. The fraction of sp³-hybridized carbons (Fsp3) is 0.211. The average Bonchev–Trinajstić information content (AvgIpc) is 2.98. The molecule has 6 heteroatoms. The van der Waals surface area contributed by atoms with E-state index in [1.165, 1.54) is 6.20 Å². The summed E-state index contributed by atoms with van der Waals surface area (Å²) in [5.41, 5.74) is 4.24. The molecule has 6 nitrogen and oxygen atoms in total. The minimum atomic E-state index is -0.258. The quantitative estimate of drug-likeness (QED) is 0.751.